The second kappa shape index (κ2) is 6.14. The molecule has 1 aromatic carbocycles. The lowest BCUT2D eigenvalue weighted by Gasteiger charge is -2.40. The Labute approximate surface area is 148 Å². The van der Waals surface area contributed by atoms with Crippen LogP contribution >= 0.6 is 0 Å². The number of carbonyl (C=O) groups is 2. The van der Waals surface area contributed by atoms with Crippen LogP contribution in [0.1, 0.15) is 38.9 Å². The van der Waals surface area contributed by atoms with Gasteiger partial charge in [-0.25, -0.2) is 0 Å². The summed E-state index contributed by atoms with van der Waals surface area (Å²) in [4.78, 5) is 23.8. The Morgan fingerprint density at radius 2 is 1.84 bits per heavy atom. The number of benzene rings is 1. The second-order valence-corrected chi connectivity index (χ2v) is 12.8. The third-order valence-electron chi connectivity index (χ3n) is 5.22. The predicted octanol–water partition coefficient (Wildman–Crippen LogP) is 3.57. The molecular weight excluding hydrogens is 340 g/mol. The molecule has 1 fully saturated rings. The van der Waals surface area contributed by atoms with Crippen molar-refractivity contribution in [3.8, 4) is 11.5 Å². The molecule has 136 valence electrons. The SMILES string of the molecule is CC(C)(C)[Si](C)(C)O[C@H](c1ccc2c(c1)OCO2)[C@@H]1CC(=O)OC1=O. The van der Waals surface area contributed by atoms with E-state index in [-0.39, 0.29) is 18.3 Å². The van der Waals surface area contributed by atoms with Gasteiger partial charge in [-0.05, 0) is 35.8 Å². The van der Waals surface area contributed by atoms with Crippen molar-refractivity contribution < 1.29 is 28.2 Å². The van der Waals surface area contributed by atoms with Crippen LogP contribution in [0.25, 0.3) is 0 Å². The molecule has 2 aliphatic rings. The van der Waals surface area contributed by atoms with E-state index in [0.29, 0.717) is 11.5 Å². The lowest BCUT2D eigenvalue weighted by molar-refractivity contribution is -0.154. The minimum absolute atomic E-state index is 0.0336. The summed E-state index contributed by atoms with van der Waals surface area (Å²) in [6, 6.07) is 5.50. The van der Waals surface area contributed by atoms with Crippen LogP contribution in [0.15, 0.2) is 18.2 Å². The van der Waals surface area contributed by atoms with Gasteiger partial charge >= 0.3 is 11.9 Å². The van der Waals surface area contributed by atoms with Gasteiger partial charge in [0.15, 0.2) is 19.8 Å². The summed E-state index contributed by atoms with van der Waals surface area (Å²) in [7, 11) is -2.19. The van der Waals surface area contributed by atoms with E-state index in [1.54, 1.807) is 0 Å². The molecule has 0 amide bonds. The summed E-state index contributed by atoms with van der Waals surface area (Å²) < 4.78 is 22.1. The standard InChI is InChI=1S/C18H24O6Si/c1-18(2,3)25(4,5)24-16(12-9-15(19)23-17(12)20)11-6-7-13-14(8-11)22-10-21-13/h6-8,12,16H,9-10H2,1-5H3/t12-,16+/m0/s1. The summed E-state index contributed by atoms with van der Waals surface area (Å²) in [6.45, 7) is 10.8. The molecule has 2 heterocycles. The van der Waals surface area contributed by atoms with Crippen molar-refractivity contribution in [3.05, 3.63) is 23.8 Å². The molecule has 0 saturated carbocycles. The number of fused-ring (bicyclic) bond motifs is 1. The van der Waals surface area contributed by atoms with Crippen LogP contribution in [0.5, 0.6) is 11.5 Å². The van der Waals surface area contributed by atoms with Crippen LogP contribution < -0.4 is 9.47 Å². The van der Waals surface area contributed by atoms with E-state index in [1.807, 2.05) is 18.2 Å². The molecule has 0 radical (unpaired) electrons. The lowest BCUT2D eigenvalue weighted by atomic mass is 9.94. The first kappa shape index (κ1) is 17.9. The van der Waals surface area contributed by atoms with Gasteiger partial charge in [0.2, 0.25) is 6.79 Å². The van der Waals surface area contributed by atoms with Crippen molar-refractivity contribution in [3.63, 3.8) is 0 Å². The molecule has 0 aromatic heterocycles. The van der Waals surface area contributed by atoms with Crippen molar-refractivity contribution in [1.29, 1.82) is 0 Å². The Balaban J connectivity index is 1.97. The van der Waals surface area contributed by atoms with Crippen LogP contribution in [-0.2, 0) is 18.8 Å². The van der Waals surface area contributed by atoms with E-state index in [2.05, 4.69) is 33.9 Å². The Hall–Kier alpha value is -1.86. The zero-order chi connectivity index (χ0) is 18.4. The number of carbonyl (C=O) groups excluding carboxylic acids is 2. The lowest BCUT2D eigenvalue weighted by Crippen LogP contribution is -2.43. The van der Waals surface area contributed by atoms with Gasteiger partial charge in [-0.1, -0.05) is 26.8 Å². The molecule has 2 aliphatic heterocycles. The normalized spacial score (nSPS) is 21.4. The van der Waals surface area contributed by atoms with Crippen LogP contribution in [0.3, 0.4) is 0 Å². The average molecular weight is 364 g/mol. The first-order valence-electron chi connectivity index (χ1n) is 8.40. The van der Waals surface area contributed by atoms with Gasteiger partial charge in [0.1, 0.15) is 0 Å². The van der Waals surface area contributed by atoms with Crippen LogP contribution in [0.4, 0.5) is 0 Å². The predicted molar refractivity (Wildman–Crippen MR) is 92.8 cm³/mol. The fourth-order valence-corrected chi connectivity index (χ4v) is 3.98. The molecule has 0 unspecified atom stereocenters. The molecule has 0 spiro atoms. The Bertz CT molecular complexity index is 706. The van der Waals surface area contributed by atoms with Crippen molar-refractivity contribution >= 4 is 20.3 Å². The third-order valence-corrected chi connectivity index (χ3v) is 9.68. The highest BCUT2D eigenvalue weighted by atomic mass is 28.4. The smallest absolute Gasteiger partial charge is 0.320 e. The first-order valence-corrected chi connectivity index (χ1v) is 11.3. The largest absolute Gasteiger partial charge is 0.454 e. The monoisotopic (exact) mass is 364 g/mol. The minimum Gasteiger partial charge on any atom is -0.454 e. The van der Waals surface area contributed by atoms with Gasteiger partial charge in [0, 0.05) is 0 Å². The number of hydrogen-bond donors (Lipinski definition) is 0. The zero-order valence-electron chi connectivity index (χ0n) is 15.3. The highest BCUT2D eigenvalue weighted by Crippen LogP contribution is 2.45. The van der Waals surface area contributed by atoms with Crippen LogP contribution in [-0.4, -0.2) is 27.0 Å². The van der Waals surface area contributed by atoms with Crippen molar-refractivity contribution in [2.75, 3.05) is 6.79 Å². The van der Waals surface area contributed by atoms with E-state index >= 15 is 0 Å². The molecule has 2 atom stereocenters. The summed E-state index contributed by atoms with van der Waals surface area (Å²) in [5, 5.41) is -0.0336. The number of rotatable bonds is 4. The maximum atomic E-state index is 12.2. The molecule has 6 nitrogen and oxygen atoms in total. The first-order chi connectivity index (χ1) is 11.6. The third kappa shape index (κ3) is 3.43. The Morgan fingerprint density at radius 1 is 1.16 bits per heavy atom. The topological polar surface area (TPSA) is 71.1 Å². The van der Waals surface area contributed by atoms with E-state index in [1.165, 1.54) is 0 Å². The molecule has 0 N–H and O–H groups in total. The van der Waals surface area contributed by atoms with Gasteiger partial charge in [-0.15, -0.1) is 0 Å². The van der Waals surface area contributed by atoms with Crippen molar-refractivity contribution in [2.24, 2.45) is 5.92 Å². The quantitative estimate of drug-likeness (QED) is 0.462. The van der Waals surface area contributed by atoms with Gasteiger partial charge in [-0.3, -0.25) is 9.59 Å². The summed E-state index contributed by atoms with van der Waals surface area (Å²) in [6.07, 6.45) is -0.513. The molecule has 0 aliphatic carbocycles. The van der Waals surface area contributed by atoms with Crippen molar-refractivity contribution in [1.82, 2.24) is 0 Å². The van der Waals surface area contributed by atoms with Gasteiger partial charge in [-0.2, -0.15) is 0 Å². The fraction of sp³-hybridized carbons (Fsp3) is 0.556. The molecule has 25 heavy (non-hydrogen) atoms. The Morgan fingerprint density at radius 3 is 2.44 bits per heavy atom. The Kier molecular flexibility index (Phi) is 4.41. The van der Waals surface area contributed by atoms with Crippen LogP contribution in [0.2, 0.25) is 18.1 Å². The van der Waals surface area contributed by atoms with Gasteiger partial charge in [0.25, 0.3) is 0 Å². The number of hydrogen-bond acceptors (Lipinski definition) is 6. The number of ether oxygens (including phenoxy) is 3. The number of esters is 2. The van der Waals surface area contributed by atoms with Crippen molar-refractivity contribution in [2.45, 2.75) is 51.4 Å². The fourth-order valence-electron chi connectivity index (χ4n) is 2.69. The second-order valence-electron chi connectivity index (χ2n) is 8.02. The van der Waals surface area contributed by atoms with E-state index in [4.69, 9.17) is 18.6 Å². The molecule has 1 saturated heterocycles. The highest BCUT2D eigenvalue weighted by Gasteiger charge is 2.46. The molecular formula is C18H24O6Si. The maximum absolute atomic E-state index is 12.2. The molecule has 1 aromatic rings. The zero-order valence-corrected chi connectivity index (χ0v) is 16.3. The molecule has 3 rings (SSSR count). The van der Waals surface area contributed by atoms with E-state index in [0.717, 1.165) is 5.56 Å². The number of cyclic esters (lactones) is 2. The molecule has 0 bridgehead atoms. The average Bonchev–Trinajstić information content (AvgIpc) is 3.08. The van der Waals surface area contributed by atoms with E-state index in [9.17, 15) is 9.59 Å². The van der Waals surface area contributed by atoms with Gasteiger partial charge < -0.3 is 18.6 Å². The summed E-state index contributed by atoms with van der Waals surface area (Å²) >= 11 is 0. The van der Waals surface area contributed by atoms with E-state index < -0.39 is 32.3 Å². The summed E-state index contributed by atoms with van der Waals surface area (Å²) in [5.41, 5.74) is 0.797. The molecule has 7 heteroatoms. The van der Waals surface area contributed by atoms with Crippen LogP contribution in [0, 0.1) is 5.92 Å². The highest BCUT2D eigenvalue weighted by molar-refractivity contribution is 6.74. The summed E-state index contributed by atoms with van der Waals surface area (Å²) in [5.74, 6) is -0.369. The maximum Gasteiger partial charge on any atom is 0.320 e. The minimum atomic E-state index is -2.19. The van der Waals surface area contributed by atoms with Gasteiger partial charge in [0.05, 0.1) is 18.4 Å².